The van der Waals surface area contributed by atoms with Crippen molar-refractivity contribution in [3.8, 4) is 29.4 Å². The molecule has 0 fully saturated rings. The summed E-state index contributed by atoms with van der Waals surface area (Å²) in [7, 11) is 0. The number of aryl methyl sites for hydroxylation is 1. The number of anilines is 1. The highest BCUT2D eigenvalue weighted by atomic mass is 16.5. The third kappa shape index (κ3) is 7.88. The number of carbonyl (C=O) groups excluding carboxylic acids is 1. The maximum atomic E-state index is 12.6. The smallest absolute Gasteiger partial charge is 0.323 e. The number of ether oxygens (including phenoxy) is 2. The molecule has 7 heteroatoms. The molecule has 0 aliphatic rings. The van der Waals surface area contributed by atoms with E-state index in [4.69, 9.17) is 20.0 Å². The molecule has 0 radical (unpaired) electrons. The number of nitriles is 2. The number of carbonyl (C=O) groups is 1. The van der Waals surface area contributed by atoms with Crippen molar-refractivity contribution < 1.29 is 14.3 Å². The van der Waals surface area contributed by atoms with Crippen molar-refractivity contribution in [2.45, 2.75) is 20.8 Å². The summed E-state index contributed by atoms with van der Waals surface area (Å²) in [6.45, 7) is 9.41. The van der Waals surface area contributed by atoms with Crippen LogP contribution in [0.4, 0.5) is 10.5 Å². The van der Waals surface area contributed by atoms with Crippen molar-refractivity contribution in [1.29, 1.82) is 10.5 Å². The normalized spacial score (nSPS) is 11.1. The van der Waals surface area contributed by atoms with Gasteiger partial charge >= 0.3 is 6.03 Å². The van der Waals surface area contributed by atoms with E-state index in [-0.39, 0.29) is 0 Å². The summed E-state index contributed by atoms with van der Waals surface area (Å²) < 4.78 is 11.5. The van der Waals surface area contributed by atoms with Crippen molar-refractivity contribution in [3.05, 3.63) is 119 Å². The molecule has 0 bridgehead atoms. The lowest BCUT2D eigenvalue weighted by Gasteiger charge is -2.13. The van der Waals surface area contributed by atoms with Gasteiger partial charge in [0.2, 0.25) is 0 Å². The molecule has 0 unspecified atom stereocenters. The number of benzene rings is 3. The van der Waals surface area contributed by atoms with Crippen LogP contribution in [0.1, 0.15) is 30.5 Å². The van der Waals surface area contributed by atoms with Gasteiger partial charge < -0.3 is 20.1 Å². The monoisotopic (exact) mass is 490 g/mol. The zero-order valence-electron chi connectivity index (χ0n) is 20.8. The molecular formula is C30H26N4O3. The maximum absolute atomic E-state index is 12.6. The fraction of sp³-hybridized carbons (Fsp3) is 0.100. The predicted octanol–water partition coefficient (Wildman–Crippen LogP) is 7.09. The van der Waals surface area contributed by atoms with Gasteiger partial charge in [-0.25, -0.2) is 4.79 Å². The lowest BCUT2D eigenvalue weighted by molar-refractivity contribution is 0.254. The van der Waals surface area contributed by atoms with Crippen molar-refractivity contribution >= 4 is 11.7 Å². The number of nitrogens with one attached hydrogen (secondary N) is 2. The van der Waals surface area contributed by atoms with E-state index in [2.05, 4.69) is 29.4 Å². The Labute approximate surface area is 216 Å². The van der Waals surface area contributed by atoms with Gasteiger partial charge in [0, 0.05) is 17.5 Å². The summed E-state index contributed by atoms with van der Waals surface area (Å²) in [5.41, 5.74) is 4.04. The first-order chi connectivity index (χ1) is 17.8. The van der Waals surface area contributed by atoms with Crippen LogP contribution in [0.25, 0.3) is 0 Å². The van der Waals surface area contributed by atoms with Crippen LogP contribution in [0, 0.1) is 29.6 Å². The highest BCUT2D eigenvalue weighted by Crippen LogP contribution is 2.27. The average Bonchev–Trinajstić information content (AvgIpc) is 2.90. The van der Waals surface area contributed by atoms with Crippen LogP contribution in [0.15, 0.2) is 102 Å². The van der Waals surface area contributed by atoms with Crippen molar-refractivity contribution in [2.24, 2.45) is 0 Å². The summed E-state index contributed by atoms with van der Waals surface area (Å²) in [5, 5.41) is 23.5. The SMILES string of the molecule is C=C(/C=C\C(C)=C(/C)NC(=O)Nc1cc(Oc2ccc(C#N)cc2)ccc1C)Oc1ccc(C#N)cc1. The minimum absolute atomic E-state index is 0.392. The maximum Gasteiger partial charge on any atom is 0.323 e. The zero-order chi connectivity index (χ0) is 26.8. The van der Waals surface area contributed by atoms with Gasteiger partial charge in [0.15, 0.2) is 0 Å². The highest BCUT2D eigenvalue weighted by Gasteiger charge is 2.08. The summed E-state index contributed by atoms with van der Waals surface area (Å²) >= 11 is 0. The van der Waals surface area contributed by atoms with E-state index in [1.165, 1.54) is 0 Å². The number of allylic oxidation sites excluding steroid dienone is 4. The lowest BCUT2D eigenvalue weighted by atomic mass is 10.2. The molecule has 3 aromatic rings. The number of amides is 2. The first-order valence-corrected chi connectivity index (χ1v) is 11.4. The molecule has 3 rings (SSSR count). The molecular weight excluding hydrogens is 464 g/mol. The van der Waals surface area contributed by atoms with Gasteiger partial charge in [0.1, 0.15) is 23.0 Å². The van der Waals surface area contributed by atoms with E-state index in [0.717, 1.165) is 11.1 Å². The average molecular weight is 491 g/mol. The first-order valence-electron chi connectivity index (χ1n) is 11.4. The van der Waals surface area contributed by atoms with Gasteiger partial charge in [-0.1, -0.05) is 18.7 Å². The molecule has 7 nitrogen and oxygen atoms in total. The first kappa shape index (κ1) is 26.3. The third-order valence-electron chi connectivity index (χ3n) is 5.32. The molecule has 2 amide bonds. The molecule has 0 aliphatic heterocycles. The third-order valence-corrected chi connectivity index (χ3v) is 5.32. The summed E-state index contributed by atoms with van der Waals surface area (Å²) in [5.74, 6) is 2.13. The molecule has 0 atom stereocenters. The van der Waals surface area contributed by atoms with Crippen LogP contribution in [0.2, 0.25) is 0 Å². The minimum Gasteiger partial charge on any atom is -0.458 e. The van der Waals surface area contributed by atoms with Gasteiger partial charge in [0.25, 0.3) is 0 Å². The van der Waals surface area contributed by atoms with Gasteiger partial charge in [-0.3, -0.25) is 0 Å². The number of rotatable bonds is 8. The molecule has 0 heterocycles. The van der Waals surface area contributed by atoms with Crippen LogP contribution in [-0.2, 0) is 0 Å². The van der Waals surface area contributed by atoms with Gasteiger partial charge in [-0.2, -0.15) is 10.5 Å². The van der Waals surface area contributed by atoms with Crippen LogP contribution in [0.5, 0.6) is 17.2 Å². The number of hydrogen-bond donors (Lipinski definition) is 2. The molecule has 2 N–H and O–H groups in total. The Kier molecular flexibility index (Phi) is 8.85. The second-order valence-electron chi connectivity index (χ2n) is 8.14. The largest absolute Gasteiger partial charge is 0.458 e. The highest BCUT2D eigenvalue weighted by molar-refractivity contribution is 5.91. The van der Waals surface area contributed by atoms with Gasteiger partial charge in [-0.15, -0.1) is 0 Å². The van der Waals surface area contributed by atoms with E-state index in [1.54, 1.807) is 73.7 Å². The number of nitrogens with zero attached hydrogens (tertiary/aromatic N) is 2. The standard InChI is InChI=1S/C30H26N4O3/c1-20(5-7-22(3)36-26-13-8-24(18-31)9-14-26)23(4)33-30(35)34-29-17-28(12-6-21(29)2)37-27-15-10-25(19-32)11-16-27/h5-17H,3H2,1-2,4H3,(H2,33,34,35)/b7-5-,23-20+. The van der Waals surface area contributed by atoms with Crippen LogP contribution in [0.3, 0.4) is 0 Å². The molecule has 0 aliphatic carbocycles. The Morgan fingerprint density at radius 3 is 2.03 bits per heavy atom. The molecule has 3 aromatic carbocycles. The Balaban J connectivity index is 1.59. The Morgan fingerprint density at radius 2 is 1.43 bits per heavy atom. The summed E-state index contributed by atoms with van der Waals surface area (Å²) in [6, 6.07) is 22.6. The predicted molar refractivity (Wildman–Crippen MR) is 143 cm³/mol. The Hall–Kier alpha value is -5.27. The number of hydrogen-bond acceptors (Lipinski definition) is 5. The summed E-state index contributed by atoms with van der Waals surface area (Å²) in [6.07, 6.45) is 3.49. The van der Waals surface area contributed by atoms with E-state index in [0.29, 0.717) is 45.5 Å². The fourth-order valence-electron chi connectivity index (χ4n) is 3.08. The fourth-order valence-corrected chi connectivity index (χ4v) is 3.08. The van der Waals surface area contributed by atoms with Gasteiger partial charge in [0.05, 0.1) is 23.3 Å². The van der Waals surface area contributed by atoms with E-state index in [9.17, 15) is 4.79 Å². The lowest BCUT2D eigenvalue weighted by Crippen LogP contribution is -2.28. The Bertz CT molecular complexity index is 1440. The zero-order valence-corrected chi connectivity index (χ0v) is 20.8. The molecule has 0 aromatic heterocycles. The van der Waals surface area contributed by atoms with Crippen LogP contribution >= 0.6 is 0 Å². The van der Waals surface area contributed by atoms with Crippen molar-refractivity contribution in [1.82, 2.24) is 5.32 Å². The van der Waals surface area contributed by atoms with E-state index in [1.807, 2.05) is 26.0 Å². The van der Waals surface area contributed by atoms with Gasteiger partial charge in [-0.05, 0) is 92.6 Å². The van der Waals surface area contributed by atoms with Crippen molar-refractivity contribution in [2.75, 3.05) is 5.32 Å². The van der Waals surface area contributed by atoms with Crippen LogP contribution in [-0.4, -0.2) is 6.03 Å². The summed E-state index contributed by atoms with van der Waals surface area (Å²) in [4.78, 5) is 12.6. The molecule has 0 saturated heterocycles. The topological polar surface area (TPSA) is 107 Å². The Morgan fingerprint density at radius 1 is 0.865 bits per heavy atom. The second kappa shape index (κ2) is 12.4. The van der Waals surface area contributed by atoms with Crippen LogP contribution < -0.4 is 20.1 Å². The molecule has 37 heavy (non-hydrogen) atoms. The minimum atomic E-state index is -0.392. The van der Waals surface area contributed by atoms with E-state index < -0.39 is 6.03 Å². The molecule has 184 valence electrons. The molecule has 0 spiro atoms. The molecule has 0 saturated carbocycles. The second-order valence-corrected chi connectivity index (χ2v) is 8.14. The van der Waals surface area contributed by atoms with Crippen molar-refractivity contribution in [3.63, 3.8) is 0 Å². The number of urea groups is 1. The van der Waals surface area contributed by atoms with E-state index >= 15 is 0 Å². The quantitative estimate of drug-likeness (QED) is 0.259.